The van der Waals surface area contributed by atoms with Crippen molar-refractivity contribution in [1.82, 2.24) is 20.1 Å². The number of allylic oxidation sites excluding steroid dienone is 1. The number of ether oxygens (including phenoxy) is 1. The van der Waals surface area contributed by atoms with Crippen LogP contribution in [-0.2, 0) is 9.53 Å². The van der Waals surface area contributed by atoms with Crippen LogP contribution in [0.25, 0.3) is 27.4 Å². The Morgan fingerprint density at radius 1 is 1.39 bits per heavy atom. The van der Waals surface area contributed by atoms with Gasteiger partial charge in [-0.3, -0.25) is 14.5 Å². The molecule has 0 bridgehead atoms. The summed E-state index contributed by atoms with van der Waals surface area (Å²) in [6.07, 6.45) is 5.59. The number of fused-ring (bicyclic) bond motifs is 3. The first-order valence-electron chi connectivity index (χ1n) is 9.12. The average molecular weight is 378 g/mol. The number of hydrogen-bond donors (Lipinski definition) is 2. The number of nitrogens with two attached hydrogens (primary N) is 1. The maximum atomic E-state index is 12.3. The van der Waals surface area contributed by atoms with Crippen LogP contribution in [0.2, 0.25) is 0 Å². The lowest BCUT2D eigenvalue weighted by Crippen LogP contribution is -2.33. The second kappa shape index (κ2) is 7.40. The Hall–Kier alpha value is -3.26. The molecular formula is C20H22N6O2. The molecule has 0 saturated heterocycles. The maximum absolute atomic E-state index is 12.3. The molecule has 0 fully saturated rings. The number of nitrogens with zero attached hydrogens (tertiary/aromatic N) is 4. The van der Waals surface area contributed by atoms with Gasteiger partial charge >= 0.3 is 0 Å². The number of rotatable bonds is 6. The van der Waals surface area contributed by atoms with E-state index < -0.39 is 6.04 Å². The first kappa shape index (κ1) is 18.1. The number of carbonyl (C=O) groups is 1. The summed E-state index contributed by atoms with van der Waals surface area (Å²) >= 11 is 0. The number of aromatic nitrogens is 3. The van der Waals surface area contributed by atoms with Crippen molar-refractivity contribution in [2.75, 3.05) is 32.5 Å². The molecule has 3 aromatic rings. The number of aliphatic imine (C=N–C) groups is 1. The molecule has 1 atom stereocenters. The van der Waals surface area contributed by atoms with Gasteiger partial charge in [0.25, 0.3) is 0 Å². The van der Waals surface area contributed by atoms with E-state index in [2.05, 4.69) is 20.4 Å². The fourth-order valence-electron chi connectivity index (χ4n) is 3.27. The van der Waals surface area contributed by atoms with Crippen LogP contribution < -0.4 is 11.1 Å². The first-order chi connectivity index (χ1) is 13.6. The molecule has 0 saturated carbocycles. The lowest BCUT2D eigenvalue weighted by Gasteiger charge is -2.12. The van der Waals surface area contributed by atoms with E-state index >= 15 is 0 Å². The maximum Gasteiger partial charge on any atom is 0.244 e. The van der Waals surface area contributed by atoms with Crippen molar-refractivity contribution >= 4 is 45.3 Å². The van der Waals surface area contributed by atoms with Gasteiger partial charge in [-0.2, -0.15) is 5.10 Å². The molecule has 3 heterocycles. The molecule has 4 rings (SSSR count). The molecule has 1 unspecified atom stereocenters. The highest BCUT2D eigenvalue weighted by Gasteiger charge is 2.19. The summed E-state index contributed by atoms with van der Waals surface area (Å²) < 4.78 is 6.59. The molecule has 0 radical (unpaired) electrons. The Morgan fingerprint density at radius 2 is 2.25 bits per heavy atom. The average Bonchev–Trinajstić information content (AvgIpc) is 3.37. The normalized spacial score (nSPS) is 14.6. The van der Waals surface area contributed by atoms with Crippen LogP contribution >= 0.6 is 0 Å². The van der Waals surface area contributed by atoms with Gasteiger partial charge in [0, 0.05) is 31.5 Å². The number of pyridine rings is 1. The number of benzene rings is 1. The third kappa shape index (κ3) is 3.22. The van der Waals surface area contributed by atoms with E-state index in [1.165, 1.54) is 0 Å². The lowest BCUT2D eigenvalue weighted by molar-refractivity contribution is -0.124. The van der Waals surface area contributed by atoms with E-state index in [4.69, 9.17) is 10.5 Å². The van der Waals surface area contributed by atoms with E-state index in [1.807, 2.05) is 30.5 Å². The van der Waals surface area contributed by atoms with Crippen LogP contribution in [0, 0.1) is 0 Å². The monoisotopic (exact) mass is 378 g/mol. The van der Waals surface area contributed by atoms with Gasteiger partial charge in [0.15, 0.2) is 0 Å². The molecule has 1 aliphatic heterocycles. The topological polar surface area (TPSA) is 107 Å². The lowest BCUT2D eigenvalue weighted by atomic mass is 10.0. The number of amides is 1. The Kier molecular flexibility index (Phi) is 4.79. The van der Waals surface area contributed by atoms with Crippen LogP contribution in [0.3, 0.4) is 0 Å². The number of nitrogens with one attached hydrogen (secondary N) is 1. The second-order valence-corrected chi connectivity index (χ2v) is 6.74. The summed E-state index contributed by atoms with van der Waals surface area (Å²) in [5.41, 5.74) is 9.93. The van der Waals surface area contributed by atoms with Crippen molar-refractivity contribution < 1.29 is 9.53 Å². The van der Waals surface area contributed by atoms with Crippen molar-refractivity contribution in [3.63, 3.8) is 0 Å². The summed E-state index contributed by atoms with van der Waals surface area (Å²) in [5.74, 6) is 0.269. The van der Waals surface area contributed by atoms with Gasteiger partial charge in [-0.05, 0) is 36.3 Å². The van der Waals surface area contributed by atoms with Crippen molar-refractivity contribution in [1.29, 1.82) is 0 Å². The highest BCUT2D eigenvalue weighted by atomic mass is 16.5. The second-order valence-electron chi connectivity index (χ2n) is 6.74. The molecule has 0 spiro atoms. The van der Waals surface area contributed by atoms with Gasteiger partial charge < -0.3 is 15.8 Å². The zero-order valence-corrected chi connectivity index (χ0v) is 15.8. The van der Waals surface area contributed by atoms with E-state index in [1.54, 1.807) is 24.9 Å². The number of nitrogen functional groups attached to an aromatic ring is 1. The SMILES string of the molecule is COCCNC(=O)C(C)n1cc2c(N)nc3cc(C4=CC=NC4)ccc3c2n1. The van der Waals surface area contributed by atoms with Gasteiger partial charge in [0.1, 0.15) is 17.4 Å². The zero-order chi connectivity index (χ0) is 19.7. The van der Waals surface area contributed by atoms with E-state index in [-0.39, 0.29) is 5.91 Å². The third-order valence-electron chi connectivity index (χ3n) is 4.90. The van der Waals surface area contributed by atoms with Crippen LogP contribution in [-0.4, -0.2) is 53.7 Å². The highest BCUT2D eigenvalue weighted by molar-refractivity contribution is 6.08. The summed E-state index contributed by atoms with van der Waals surface area (Å²) in [5, 5.41) is 9.11. The van der Waals surface area contributed by atoms with Gasteiger partial charge in [-0.1, -0.05) is 6.07 Å². The van der Waals surface area contributed by atoms with Crippen LogP contribution in [0.4, 0.5) is 5.82 Å². The molecule has 8 nitrogen and oxygen atoms in total. The molecule has 0 aliphatic carbocycles. The third-order valence-corrected chi connectivity index (χ3v) is 4.90. The quantitative estimate of drug-likeness (QED) is 0.638. The van der Waals surface area contributed by atoms with E-state index in [9.17, 15) is 4.79 Å². The van der Waals surface area contributed by atoms with Crippen LogP contribution in [0.5, 0.6) is 0 Å². The number of hydrogen-bond acceptors (Lipinski definition) is 6. The fraction of sp³-hybridized carbons (Fsp3) is 0.300. The molecule has 144 valence electrons. The molecule has 1 aromatic carbocycles. The summed E-state index contributed by atoms with van der Waals surface area (Å²) in [4.78, 5) is 21.1. The Bertz CT molecular complexity index is 1110. The Labute approximate surface area is 162 Å². The minimum Gasteiger partial charge on any atom is -0.383 e. The number of methoxy groups -OCH3 is 1. The number of anilines is 1. The van der Waals surface area contributed by atoms with Crippen LogP contribution in [0.15, 0.2) is 35.5 Å². The van der Waals surface area contributed by atoms with Crippen molar-refractivity contribution in [3.05, 3.63) is 36.0 Å². The molecule has 1 aliphatic rings. The molecular weight excluding hydrogens is 356 g/mol. The minimum absolute atomic E-state index is 0.129. The van der Waals surface area contributed by atoms with Gasteiger partial charge in [-0.25, -0.2) is 4.98 Å². The van der Waals surface area contributed by atoms with Gasteiger partial charge in [0.2, 0.25) is 5.91 Å². The molecule has 28 heavy (non-hydrogen) atoms. The Morgan fingerprint density at radius 3 is 3.00 bits per heavy atom. The summed E-state index contributed by atoms with van der Waals surface area (Å²) in [7, 11) is 1.60. The standard InChI is InChI=1S/C20H22N6O2/c1-12(20(27)23-7-8-28-2)26-11-16-18(25-26)15-4-3-13(14-5-6-22-10-14)9-17(15)24-19(16)21/h3-6,9,11-12H,7-8,10H2,1-2H3,(H2,21,24)(H,23,27). The van der Waals surface area contributed by atoms with Crippen molar-refractivity contribution in [2.45, 2.75) is 13.0 Å². The fourth-order valence-corrected chi connectivity index (χ4v) is 3.27. The first-order valence-corrected chi connectivity index (χ1v) is 9.12. The highest BCUT2D eigenvalue weighted by Crippen LogP contribution is 2.30. The van der Waals surface area contributed by atoms with Gasteiger partial charge in [-0.15, -0.1) is 0 Å². The number of carbonyl (C=O) groups excluding carboxylic acids is 1. The van der Waals surface area contributed by atoms with E-state index in [0.29, 0.717) is 25.5 Å². The smallest absolute Gasteiger partial charge is 0.244 e. The zero-order valence-electron chi connectivity index (χ0n) is 15.8. The minimum atomic E-state index is -0.473. The van der Waals surface area contributed by atoms with Crippen LogP contribution in [0.1, 0.15) is 18.5 Å². The largest absolute Gasteiger partial charge is 0.383 e. The molecule has 1 amide bonds. The molecule has 2 aromatic heterocycles. The summed E-state index contributed by atoms with van der Waals surface area (Å²) in [6.45, 7) is 3.39. The molecule has 3 N–H and O–H groups in total. The van der Waals surface area contributed by atoms with Crippen molar-refractivity contribution in [2.24, 2.45) is 4.99 Å². The summed E-state index contributed by atoms with van der Waals surface area (Å²) in [6, 6.07) is 5.57. The molecule has 8 heteroatoms. The van der Waals surface area contributed by atoms with Crippen molar-refractivity contribution in [3.8, 4) is 0 Å². The van der Waals surface area contributed by atoms with E-state index in [0.717, 1.165) is 32.9 Å². The predicted molar refractivity (Wildman–Crippen MR) is 110 cm³/mol. The predicted octanol–water partition coefficient (Wildman–Crippen LogP) is 1.96. The van der Waals surface area contributed by atoms with Gasteiger partial charge in [0.05, 0.1) is 24.1 Å². The Balaban J connectivity index is 1.71.